The number of carbonyl (C=O) groups excluding carboxylic acids is 1. The molecule has 2 aromatic rings. The molecule has 1 amide bonds. The number of aromatic nitrogens is 2. The highest BCUT2D eigenvalue weighted by Crippen LogP contribution is 2.39. The summed E-state index contributed by atoms with van der Waals surface area (Å²) in [4.78, 5) is 11.2. The van der Waals surface area contributed by atoms with Gasteiger partial charge in [-0.15, -0.1) is 10.2 Å². The second kappa shape index (κ2) is 4.92. The van der Waals surface area contributed by atoms with Gasteiger partial charge in [-0.2, -0.15) is 0 Å². The van der Waals surface area contributed by atoms with Gasteiger partial charge in [0, 0.05) is 5.92 Å². The van der Waals surface area contributed by atoms with Crippen LogP contribution in [-0.2, 0) is 6.61 Å². The lowest BCUT2D eigenvalue weighted by Gasteiger charge is -2.08. The lowest BCUT2D eigenvalue weighted by molar-refractivity contribution is 0.0991. The van der Waals surface area contributed by atoms with E-state index in [0.29, 0.717) is 11.8 Å². The number of hydrogen-bond acceptors (Lipinski definition) is 5. The van der Waals surface area contributed by atoms with Gasteiger partial charge in [0.15, 0.2) is 6.61 Å². The Balaban J connectivity index is 1.74. The molecule has 0 atom stereocenters. The molecule has 1 aliphatic rings. The summed E-state index contributed by atoms with van der Waals surface area (Å²) in [6.07, 6.45) is 2.11. The molecule has 1 fully saturated rings. The molecule has 0 bridgehead atoms. The maximum absolute atomic E-state index is 13.5. The smallest absolute Gasteiger partial charge is 0.255 e. The fourth-order valence-corrected chi connectivity index (χ4v) is 1.82. The lowest BCUT2D eigenvalue weighted by atomic mass is 10.2. The van der Waals surface area contributed by atoms with E-state index >= 15 is 0 Å². The van der Waals surface area contributed by atoms with Crippen LogP contribution in [0.5, 0.6) is 5.75 Å². The van der Waals surface area contributed by atoms with E-state index in [1.807, 2.05) is 0 Å². The molecule has 0 saturated heterocycles. The van der Waals surface area contributed by atoms with Gasteiger partial charge >= 0.3 is 0 Å². The minimum absolute atomic E-state index is 0.0382. The highest BCUT2D eigenvalue weighted by atomic mass is 19.1. The Morgan fingerprint density at radius 2 is 2.25 bits per heavy atom. The number of nitrogens with zero attached hydrogens (tertiary/aromatic N) is 2. The fourth-order valence-electron chi connectivity index (χ4n) is 1.82. The first kappa shape index (κ1) is 12.6. The van der Waals surface area contributed by atoms with E-state index in [2.05, 4.69) is 10.2 Å². The summed E-state index contributed by atoms with van der Waals surface area (Å²) in [5, 5.41) is 7.74. The number of benzene rings is 1. The Hall–Kier alpha value is -2.44. The first-order valence-corrected chi connectivity index (χ1v) is 6.18. The van der Waals surface area contributed by atoms with Crippen LogP contribution in [0, 0.1) is 5.82 Å². The molecule has 1 aromatic heterocycles. The zero-order valence-corrected chi connectivity index (χ0v) is 10.5. The summed E-state index contributed by atoms with van der Waals surface area (Å²) in [5.41, 5.74) is 4.84. The molecule has 3 rings (SSSR count). The van der Waals surface area contributed by atoms with Crippen molar-refractivity contribution in [3.63, 3.8) is 0 Å². The SMILES string of the molecule is NC(=O)c1c(F)cccc1OCc1nnc(C2CC2)o1. The van der Waals surface area contributed by atoms with Crippen molar-refractivity contribution in [1.29, 1.82) is 0 Å². The van der Waals surface area contributed by atoms with E-state index in [1.54, 1.807) is 0 Å². The van der Waals surface area contributed by atoms with Gasteiger partial charge < -0.3 is 14.9 Å². The number of amides is 1. The first-order valence-electron chi connectivity index (χ1n) is 6.18. The van der Waals surface area contributed by atoms with E-state index in [0.717, 1.165) is 18.9 Å². The molecule has 104 valence electrons. The molecule has 1 heterocycles. The minimum atomic E-state index is -0.887. The molecule has 1 aliphatic carbocycles. The molecule has 2 N–H and O–H groups in total. The third kappa shape index (κ3) is 2.47. The summed E-state index contributed by atoms with van der Waals surface area (Å²) in [6.45, 7) is -0.0382. The van der Waals surface area contributed by atoms with Crippen molar-refractivity contribution in [2.75, 3.05) is 0 Å². The number of halogens is 1. The van der Waals surface area contributed by atoms with Crippen LogP contribution in [-0.4, -0.2) is 16.1 Å². The monoisotopic (exact) mass is 277 g/mol. The third-order valence-corrected chi connectivity index (χ3v) is 2.98. The summed E-state index contributed by atoms with van der Waals surface area (Å²) >= 11 is 0. The van der Waals surface area contributed by atoms with Crippen LogP contribution < -0.4 is 10.5 Å². The van der Waals surface area contributed by atoms with Gasteiger partial charge in [-0.3, -0.25) is 4.79 Å². The number of ether oxygens (including phenoxy) is 1. The highest BCUT2D eigenvalue weighted by Gasteiger charge is 2.29. The second-order valence-corrected chi connectivity index (χ2v) is 4.57. The van der Waals surface area contributed by atoms with Crippen LogP contribution >= 0.6 is 0 Å². The maximum Gasteiger partial charge on any atom is 0.255 e. The fraction of sp³-hybridized carbons (Fsp3) is 0.308. The second-order valence-electron chi connectivity index (χ2n) is 4.57. The van der Waals surface area contributed by atoms with Crippen LogP contribution in [0.15, 0.2) is 22.6 Å². The highest BCUT2D eigenvalue weighted by molar-refractivity contribution is 5.95. The Morgan fingerprint density at radius 3 is 2.95 bits per heavy atom. The van der Waals surface area contributed by atoms with Gasteiger partial charge in [0.05, 0.1) is 0 Å². The van der Waals surface area contributed by atoms with Crippen molar-refractivity contribution in [2.24, 2.45) is 5.73 Å². The Bertz CT molecular complexity index is 652. The van der Waals surface area contributed by atoms with Gasteiger partial charge in [-0.05, 0) is 25.0 Å². The zero-order valence-electron chi connectivity index (χ0n) is 10.5. The molecule has 20 heavy (non-hydrogen) atoms. The molecule has 0 unspecified atom stereocenters. The lowest BCUT2D eigenvalue weighted by Crippen LogP contribution is -2.15. The van der Waals surface area contributed by atoms with Crippen molar-refractivity contribution in [3.05, 3.63) is 41.4 Å². The molecule has 1 saturated carbocycles. The molecular formula is C13H12FN3O3. The Kier molecular flexibility index (Phi) is 3.09. The Labute approximate surface area is 113 Å². The standard InChI is InChI=1S/C13H12FN3O3/c14-8-2-1-3-9(11(8)12(15)18)19-6-10-16-17-13(20-10)7-4-5-7/h1-3,7H,4-6H2,(H2,15,18). The average Bonchev–Trinajstić information content (AvgIpc) is 3.15. The number of carbonyl (C=O) groups is 1. The summed E-state index contributed by atoms with van der Waals surface area (Å²) in [5.74, 6) is -0.318. The van der Waals surface area contributed by atoms with E-state index in [4.69, 9.17) is 14.9 Å². The van der Waals surface area contributed by atoms with Crippen molar-refractivity contribution in [1.82, 2.24) is 10.2 Å². The quantitative estimate of drug-likeness (QED) is 0.899. The van der Waals surface area contributed by atoms with Crippen LogP contribution in [0.4, 0.5) is 4.39 Å². The topological polar surface area (TPSA) is 91.2 Å². The van der Waals surface area contributed by atoms with Gasteiger partial charge in [-0.25, -0.2) is 4.39 Å². The van der Waals surface area contributed by atoms with Crippen molar-refractivity contribution >= 4 is 5.91 Å². The van der Waals surface area contributed by atoms with Crippen LogP contribution in [0.1, 0.15) is 40.9 Å². The molecule has 0 spiro atoms. The van der Waals surface area contributed by atoms with Crippen LogP contribution in [0.2, 0.25) is 0 Å². The van der Waals surface area contributed by atoms with E-state index in [1.165, 1.54) is 12.1 Å². The summed E-state index contributed by atoms with van der Waals surface area (Å²) < 4.78 is 24.3. The van der Waals surface area contributed by atoms with Crippen LogP contribution in [0.25, 0.3) is 0 Å². The zero-order chi connectivity index (χ0) is 14.1. The molecule has 6 nitrogen and oxygen atoms in total. The first-order chi connectivity index (χ1) is 9.65. The third-order valence-electron chi connectivity index (χ3n) is 2.98. The predicted octanol–water partition coefficient (Wildman–Crippen LogP) is 1.76. The number of primary amides is 1. The molecule has 7 heteroatoms. The maximum atomic E-state index is 13.5. The van der Waals surface area contributed by atoms with Gasteiger partial charge in [-0.1, -0.05) is 6.07 Å². The largest absolute Gasteiger partial charge is 0.483 e. The summed E-state index contributed by atoms with van der Waals surface area (Å²) in [7, 11) is 0. The Morgan fingerprint density at radius 1 is 1.45 bits per heavy atom. The van der Waals surface area contributed by atoms with E-state index < -0.39 is 11.7 Å². The molecule has 0 aliphatic heterocycles. The van der Waals surface area contributed by atoms with Gasteiger partial charge in [0.2, 0.25) is 5.89 Å². The van der Waals surface area contributed by atoms with Crippen molar-refractivity contribution < 1.29 is 18.3 Å². The number of hydrogen-bond donors (Lipinski definition) is 1. The molecular weight excluding hydrogens is 265 g/mol. The van der Waals surface area contributed by atoms with Crippen LogP contribution in [0.3, 0.4) is 0 Å². The van der Waals surface area contributed by atoms with Crippen molar-refractivity contribution in [2.45, 2.75) is 25.4 Å². The number of nitrogens with two attached hydrogens (primary N) is 1. The summed E-state index contributed by atoms with van der Waals surface area (Å²) in [6, 6.07) is 4.03. The van der Waals surface area contributed by atoms with Gasteiger partial charge in [0.25, 0.3) is 11.8 Å². The average molecular weight is 277 g/mol. The minimum Gasteiger partial charge on any atom is -0.483 e. The van der Waals surface area contributed by atoms with Crippen molar-refractivity contribution in [3.8, 4) is 5.75 Å². The van der Waals surface area contributed by atoms with E-state index in [9.17, 15) is 9.18 Å². The van der Waals surface area contributed by atoms with Gasteiger partial charge in [0.1, 0.15) is 17.1 Å². The number of rotatable bonds is 5. The normalized spacial score (nSPS) is 14.2. The molecule has 1 aromatic carbocycles. The molecule has 0 radical (unpaired) electrons. The van der Waals surface area contributed by atoms with E-state index in [-0.39, 0.29) is 23.8 Å². The predicted molar refractivity (Wildman–Crippen MR) is 65.5 cm³/mol.